The van der Waals surface area contributed by atoms with Gasteiger partial charge in [0.1, 0.15) is 19.3 Å². The van der Waals surface area contributed by atoms with E-state index in [-0.39, 0.29) is 25.7 Å². The van der Waals surface area contributed by atoms with Crippen molar-refractivity contribution in [1.82, 2.24) is 0 Å². The van der Waals surface area contributed by atoms with E-state index in [0.717, 1.165) is 114 Å². The topological polar surface area (TPSA) is 237 Å². The van der Waals surface area contributed by atoms with Crippen molar-refractivity contribution in [2.45, 2.75) is 420 Å². The molecule has 0 aliphatic heterocycles. The van der Waals surface area contributed by atoms with Crippen molar-refractivity contribution >= 4 is 39.5 Å². The van der Waals surface area contributed by atoms with Crippen LogP contribution in [0.4, 0.5) is 0 Å². The number of ether oxygens (including phenoxy) is 4. The van der Waals surface area contributed by atoms with E-state index in [9.17, 15) is 43.2 Å². The van der Waals surface area contributed by atoms with Gasteiger partial charge in [-0.15, -0.1) is 0 Å². The second kappa shape index (κ2) is 68.2. The van der Waals surface area contributed by atoms with E-state index >= 15 is 0 Å². The Hall–Kier alpha value is -1.94. The largest absolute Gasteiger partial charge is 0.472 e. The number of phosphoric ester groups is 2. The van der Waals surface area contributed by atoms with Crippen molar-refractivity contribution in [3.8, 4) is 0 Å². The normalized spacial score (nSPS) is 14.1. The van der Waals surface area contributed by atoms with Crippen LogP contribution >= 0.6 is 15.6 Å². The molecule has 0 aromatic rings. The molecule has 0 fully saturated rings. The summed E-state index contributed by atoms with van der Waals surface area (Å²) in [6.45, 7) is 14.2. The summed E-state index contributed by atoms with van der Waals surface area (Å²) >= 11 is 0. The third-order valence-corrected chi connectivity index (χ3v) is 20.2. The van der Waals surface area contributed by atoms with E-state index < -0.39 is 97.5 Å². The molecule has 2 unspecified atom stereocenters. The van der Waals surface area contributed by atoms with Crippen LogP contribution in [0.1, 0.15) is 402 Å². The maximum atomic E-state index is 13.1. The maximum absolute atomic E-state index is 13.1. The number of rotatable bonds is 76. The Morgan fingerprint density at radius 3 is 0.633 bits per heavy atom. The molecule has 0 saturated heterocycles. The molecular weight excluding hydrogens is 1280 g/mol. The minimum Gasteiger partial charge on any atom is -0.462 e. The van der Waals surface area contributed by atoms with Crippen molar-refractivity contribution in [2.75, 3.05) is 39.6 Å². The lowest BCUT2D eigenvalue weighted by atomic mass is 10.0. The van der Waals surface area contributed by atoms with Crippen LogP contribution in [-0.2, 0) is 65.4 Å². The van der Waals surface area contributed by atoms with Crippen LogP contribution in [0.2, 0.25) is 0 Å². The van der Waals surface area contributed by atoms with Crippen molar-refractivity contribution in [1.29, 1.82) is 0 Å². The average Bonchev–Trinajstić information content (AvgIpc) is 0.974. The first-order valence-electron chi connectivity index (χ1n) is 40.7. The van der Waals surface area contributed by atoms with Crippen molar-refractivity contribution < 1.29 is 80.2 Å². The van der Waals surface area contributed by atoms with E-state index in [2.05, 4.69) is 55.4 Å². The fourth-order valence-corrected chi connectivity index (χ4v) is 13.7. The smallest absolute Gasteiger partial charge is 0.462 e. The zero-order valence-electron chi connectivity index (χ0n) is 64.4. The van der Waals surface area contributed by atoms with Crippen LogP contribution in [0, 0.1) is 23.7 Å². The average molecular weight is 1440 g/mol. The molecule has 0 rings (SSSR count). The standard InChI is InChI=1S/C79H154O17P2/c1-69(2)55-47-39-31-23-16-12-10-9-11-13-19-28-37-45-53-61-78(83)95-74(65-89-76(81)59-51-43-35-27-18-15-14-17-24-32-40-48-56-70(3)4)67-93-97(85,86)91-63-73(80)64-92-98(87,88)94-68-75(66-90-77(82)60-52-44-36-30-22-26-34-42-50-58-72(7)8)96-79(84)62-54-46-38-29-21-20-25-33-41-49-57-71(5)6/h69-75,80H,9-68H2,1-8H3,(H,85,86)(H,87,88)/t73-,74-,75-/m1/s1. The molecule has 19 heteroatoms. The lowest BCUT2D eigenvalue weighted by Gasteiger charge is -2.21. The molecule has 0 aromatic heterocycles. The van der Waals surface area contributed by atoms with E-state index in [4.69, 9.17) is 37.0 Å². The number of aliphatic hydroxyl groups is 1. The predicted octanol–water partition coefficient (Wildman–Crippen LogP) is 23.2. The quantitative estimate of drug-likeness (QED) is 0.0222. The fourth-order valence-electron chi connectivity index (χ4n) is 12.1. The number of unbranched alkanes of at least 4 members (excludes halogenated alkanes) is 42. The van der Waals surface area contributed by atoms with Gasteiger partial charge in [0, 0.05) is 25.7 Å². The van der Waals surface area contributed by atoms with Gasteiger partial charge in [0.2, 0.25) is 0 Å². The highest BCUT2D eigenvalue weighted by Gasteiger charge is 2.30. The highest BCUT2D eigenvalue weighted by Crippen LogP contribution is 2.45. The fraction of sp³-hybridized carbons (Fsp3) is 0.949. The van der Waals surface area contributed by atoms with E-state index in [1.54, 1.807) is 0 Å². The Labute approximate surface area is 600 Å². The maximum Gasteiger partial charge on any atom is 0.472 e. The lowest BCUT2D eigenvalue weighted by molar-refractivity contribution is -0.161. The molecule has 0 amide bonds. The second-order valence-electron chi connectivity index (χ2n) is 30.4. The van der Waals surface area contributed by atoms with Gasteiger partial charge < -0.3 is 33.8 Å². The molecule has 0 heterocycles. The predicted molar refractivity (Wildman–Crippen MR) is 400 cm³/mol. The van der Waals surface area contributed by atoms with Gasteiger partial charge in [-0.2, -0.15) is 0 Å². The lowest BCUT2D eigenvalue weighted by Crippen LogP contribution is -2.30. The van der Waals surface area contributed by atoms with Gasteiger partial charge in [0.05, 0.1) is 26.4 Å². The molecule has 98 heavy (non-hydrogen) atoms. The second-order valence-corrected chi connectivity index (χ2v) is 33.3. The third-order valence-electron chi connectivity index (χ3n) is 18.3. The van der Waals surface area contributed by atoms with Gasteiger partial charge in [0.25, 0.3) is 0 Å². The molecule has 17 nitrogen and oxygen atoms in total. The van der Waals surface area contributed by atoms with Crippen LogP contribution in [0.5, 0.6) is 0 Å². The summed E-state index contributed by atoms with van der Waals surface area (Å²) < 4.78 is 68.7. The van der Waals surface area contributed by atoms with Gasteiger partial charge in [-0.05, 0) is 49.4 Å². The molecule has 0 aliphatic rings. The first kappa shape index (κ1) is 96.1. The summed E-state index contributed by atoms with van der Waals surface area (Å²) in [5.74, 6) is 0.964. The van der Waals surface area contributed by atoms with Crippen LogP contribution in [0.25, 0.3) is 0 Å². The number of carbonyl (C=O) groups excluding carboxylic acids is 4. The SMILES string of the molecule is CC(C)CCCCCCCCCCCCCCCCCC(=O)O[C@H](COC(=O)CCCCCCCCCCCCCCC(C)C)COP(=O)(O)OC[C@@H](O)COP(=O)(O)OC[C@@H](COC(=O)CCCCCCCCCCCC(C)C)OC(=O)CCCCCCCCCCCCC(C)C. The zero-order chi connectivity index (χ0) is 72.4. The molecular formula is C79H154O17P2. The molecule has 0 radical (unpaired) electrons. The van der Waals surface area contributed by atoms with Gasteiger partial charge in [-0.3, -0.25) is 37.3 Å². The number of hydrogen-bond acceptors (Lipinski definition) is 15. The highest BCUT2D eigenvalue weighted by atomic mass is 31.2. The first-order valence-corrected chi connectivity index (χ1v) is 43.7. The summed E-state index contributed by atoms with van der Waals surface area (Å²) in [6, 6.07) is 0. The van der Waals surface area contributed by atoms with E-state index in [1.807, 2.05) is 0 Å². The number of phosphoric acid groups is 2. The molecule has 0 bridgehead atoms. The third kappa shape index (κ3) is 72.4. The van der Waals surface area contributed by atoms with Gasteiger partial charge in [-0.1, -0.05) is 351 Å². The first-order chi connectivity index (χ1) is 47.1. The number of aliphatic hydroxyl groups excluding tert-OH is 1. The monoisotopic (exact) mass is 1440 g/mol. The van der Waals surface area contributed by atoms with Gasteiger partial charge in [0.15, 0.2) is 12.2 Å². The van der Waals surface area contributed by atoms with Crippen LogP contribution in [-0.4, -0.2) is 96.7 Å². The summed E-state index contributed by atoms with van der Waals surface area (Å²) in [6.07, 6.45) is 54.1. The molecule has 0 spiro atoms. The zero-order valence-corrected chi connectivity index (χ0v) is 66.2. The Kier molecular flexibility index (Phi) is 66.8. The molecule has 0 aliphatic carbocycles. The van der Waals surface area contributed by atoms with E-state index in [0.29, 0.717) is 25.7 Å². The highest BCUT2D eigenvalue weighted by molar-refractivity contribution is 7.47. The minimum absolute atomic E-state index is 0.105. The summed E-state index contributed by atoms with van der Waals surface area (Å²) in [4.78, 5) is 73.0. The van der Waals surface area contributed by atoms with Crippen LogP contribution < -0.4 is 0 Å². The number of carbonyl (C=O) groups is 4. The Morgan fingerprint density at radius 2 is 0.429 bits per heavy atom. The van der Waals surface area contributed by atoms with Crippen molar-refractivity contribution in [2.24, 2.45) is 23.7 Å². The van der Waals surface area contributed by atoms with Gasteiger partial charge >= 0.3 is 39.5 Å². The minimum atomic E-state index is -4.96. The molecule has 582 valence electrons. The van der Waals surface area contributed by atoms with Gasteiger partial charge in [-0.25, -0.2) is 9.13 Å². The van der Waals surface area contributed by atoms with Crippen LogP contribution in [0.3, 0.4) is 0 Å². The Morgan fingerprint density at radius 1 is 0.255 bits per heavy atom. The number of hydrogen-bond donors (Lipinski definition) is 3. The van der Waals surface area contributed by atoms with E-state index in [1.165, 1.54) is 205 Å². The summed E-state index contributed by atoms with van der Waals surface area (Å²) in [5.41, 5.74) is 0. The number of esters is 4. The molecule has 3 N–H and O–H groups in total. The Bertz CT molecular complexity index is 1920. The Balaban J connectivity index is 5.27. The molecule has 0 saturated carbocycles. The summed E-state index contributed by atoms with van der Waals surface area (Å²) in [7, 11) is -9.92. The molecule has 5 atom stereocenters. The summed E-state index contributed by atoms with van der Waals surface area (Å²) in [5, 5.41) is 10.6. The van der Waals surface area contributed by atoms with Crippen LogP contribution in [0.15, 0.2) is 0 Å². The van der Waals surface area contributed by atoms with Crippen molar-refractivity contribution in [3.63, 3.8) is 0 Å². The van der Waals surface area contributed by atoms with Crippen molar-refractivity contribution in [3.05, 3.63) is 0 Å². The molecule has 0 aromatic carbocycles.